The van der Waals surface area contributed by atoms with Crippen LogP contribution in [0.1, 0.15) is 12.5 Å². The van der Waals surface area contributed by atoms with Gasteiger partial charge in [0.2, 0.25) is 0 Å². The average Bonchev–Trinajstić information content (AvgIpc) is 2.25. The summed E-state index contributed by atoms with van der Waals surface area (Å²) in [5, 5.41) is 11.6. The molecule has 0 aliphatic heterocycles. The summed E-state index contributed by atoms with van der Waals surface area (Å²) in [4.78, 5) is 10.3. The normalized spacial score (nSPS) is 12.9. The standard InChI is InChI=1S/C12H15NO2/c1-10(7-8-12(14)15)13-9-11-5-3-2-4-6-11/h2-8,10,13H,9H2,1H3,(H,14,15)/b8-7+. The van der Waals surface area contributed by atoms with Crippen molar-refractivity contribution in [3.8, 4) is 0 Å². The van der Waals surface area contributed by atoms with E-state index >= 15 is 0 Å². The number of hydrogen-bond acceptors (Lipinski definition) is 2. The van der Waals surface area contributed by atoms with Crippen LogP contribution in [0.25, 0.3) is 0 Å². The van der Waals surface area contributed by atoms with Crippen LogP contribution in [-0.2, 0) is 11.3 Å². The van der Waals surface area contributed by atoms with E-state index in [-0.39, 0.29) is 6.04 Å². The topological polar surface area (TPSA) is 49.3 Å². The van der Waals surface area contributed by atoms with Crippen LogP contribution < -0.4 is 5.32 Å². The first-order chi connectivity index (χ1) is 7.18. The minimum atomic E-state index is -0.914. The number of carboxylic acid groups (broad SMARTS) is 1. The second kappa shape index (κ2) is 5.98. The smallest absolute Gasteiger partial charge is 0.328 e. The van der Waals surface area contributed by atoms with Gasteiger partial charge in [0.25, 0.3) is 0 Å². The number of carbonyl (C=O) groups is 1. The molecule has 3 nitrogen and oxygen atoms in total. The van der Waals surface area contributed by atoms with Gasteiger partial charge < -0.3 is 10.4 Å². The van der Waals surface area contributed by atoms with E-state index in [4.69, 9.17) is 5.11 Å². The molecule has 15 heavy (non-hydrogen) atoms. The molecule has 1 rings (SSSR count). The van der Waals surface area contributed by atoms with E-state index in [1.165, 1.54) is 5.56 Å². The molecule has 1 unspecified atom stereocenters. The predicted molar refractivity (Wildman–Crippen MR) is 59.5 cm³/mol. The maximum atomic E-state index is 10.3. The van der Waals surface area contributed by atoms with Gasteiger partial charge in [0.05, 0.1) is 0 Å². The van der Waals surface area contributed by atoms with Crippen molar-refractivity contribution in [2.24, 2.45) is 0 Å². The van der Waals surface area contributed by atoms with Gasteiger partial charge in [0.1, 0.15) is 0 Å². The molecule has 0 spiro atoms. The summed E-state index contributed by atoms with van der Waals surface area (Å²) < 4.78 is 0. The Morgan fingerprint density at radius 3 is 2.73 bits per heavy atom. The fraction of sp³-hybridized carbons (Fsp3) is 0.250. The molecule has 0 saturated carbocycles. The van der Waals surface area contributed by atoms with Crippen LogP contribution in [0.5, 0.6) is 0 Å². The summed E-state index contributed by atoms with van der Waals surface area (Å²) in [6.07, 6.45) is 2.79. The van der Waals surface area contributed by atoms with Gasteiger partial charge in [0.15, 0.2) is 0 Å². The SMILES string of the molecule is CC(/C=C/C(=O)O)NCc1ccccc1. The molecule has 0 fully saturated rings. The molecule has 1 aromatic carbocycles. The summed E-state index contributed by atoms with van der Waals surface area (Å²) in [7, 11) is 0. The second-order valence-corrected chi connectivity index (χ2v) is 3.35. The Kier molecular flexibility index (Phi) is 4.57. The lowest BCUT2D eigenvalue weighted by molar-refractivity contribution is -0.131. The Hall–Kier alpha value is -1.61. The van der Waals surface area contributed by atoms with E-state index in [1.54, 1.807) is 6.08 Å². The molecule has 1 atom stereocenters. The third-order valence-electron chi connectivity index (χ3n) is 2.00. The molecule has 2 N–H and O–H groups in total. The third-order valence-corrected chi connectivity index (χ3v) is 2.00. The van der Waals surface area contributed by atoms with E-state index < -0.39 is 5.97 Å². The van der Waals surface area contributed by atoms with Crippen LogP contribution in [0.2, 0.25) is 0 Å². The minimum Gasteiger partial charge on any atom is -0.478 e. The third kappa shape index (κ3) is 4.98. The van der Waals surface area contributed by atoms with Crippen molar-refractivity contribution < 1.29 is 9.90 Å². The van der Waals surface area contributed by atoms with Crippen LogP contribution in [0.4, 0.5) is 0 Å². The maximum absolute atomic E-state index is 10.3. The molecule has 1 aromatic rings. The van der Waals surface area contributed by atoms with Crippen molar-refractivity contribution in [3.05, 3.63) is 48.0 Å². The summed E-state index contributed by atoms with van der Waals surface area (Å²) in [6, 6.07) is 10.0. The van der Waals surface area contributed by atoms with Crippen LogP contribution >= 0.6 is 0 Å². The van der Waals surface area contributed by atoms with E-state index in [0.717, 1.165) is 12.6 Å². The number of rotatable bonds is 5. The Balaban J connectivity index is 2.34. The second-order valence-electron chi connectivity index (χ2n) is 3.35. The Morgan fingerprint density at radius 1 is 1.47 bits per heavy atom. The zero-order valence-corrected chi connectivity index (χ0v) is 8.68. The fourth-order valence-corrected chi connectivity index (χ4v) is 1.17. The van der Waals surface area contributed by atoms with E-state index in [0.29, 0.717) is 0 Å². The molecule has 0 radical (unpaired) electrons. The number of carboxylic acids is 1. The number of nitrogens with one attached hydrogen (secondary N) is 1. The highest BCUT2D eigenvalue weighted by atomic mass is 16.4. The molecular weight excluding hydrogens is 190 g/mol. The molecule has 0 aromatic heterocycles. The van der Waals surface area contributed by atoms with Crippen molar-refractivity contribution in [1.82, 2.24) is 5.32 Å². The highest BCUT2D eigenvalue weighted by Gasteiger charge is 1.97. The molecule has 3 heteroatoms. The molecular formula is C12H15NO2. The van der Waals surface area contributed by atoms with Crippen molar-refractivity contribution >= 4 is 5.97 Å². The lowest BCUT2D eigenvalue weighted by Gasteiger charge is -2.08. The summed E-state index contributed by atoms with van der Waals surface area (Å²) in [6.45, 7) is 2.66. The lowest BCUT2D eigenvalue weighted by Crippen LogP contribution is -2.23. The van der Waals surface area contributed by atoms with E-state index in [1.807, 2.05) is 37.3 Å². The predicted octanol–water partition coefficient (Wildman–Crippen LogP) is 1.81. The van der Waals surface area contributed by atoms with Crippen molar-refractivity contribution in [3.63, 3.8) is 0 Å². The van der Waals surface area contributed by atoms with E-state index in [2.05, 4.69) is 5.32 Å². The Bertz CT molecular complexity index is 333. The molecule has 0 amide bonds. The van der Waals surface area contributed by atoms with Crippen LogP contribution in [0.15, 0.2) is 42.5 Å². The Labute approximate surface area is 89.4 Å². The minimum absolute atomic E-state index is 0.0568. The van der Waals surface area contributed by atoms with Gasteiger partial charge in [-0.3, -0.25) is 0 Å². The van der Waals surface area contributed by atoms with Crippen molar-refractivity contribution in [1.29, 1.82) is 0 Å². The highest BCUT2D eigenvalue weighted by molar-refractivity contribution is 5.79. The first-order valence-electron chi connectivity index (χ1n) is 4.87. The van der Waals surface area contributed by atoms with Gasteiger partial charge in [0, 0.05) is 18.7 Å². The van der Waals surface area contributed by atoms with Crippen LogP contribution in [0.3, 0.4) is 0 Å². The van der Waals surface area contributed by atoms with Gasteiger partial charge in [-0.25, -0.2) is 4.79 Å². The molecule has 0 aliphatic carbocycles. The highest BCUT2D eigenvalue weighted by Crippen LogP contribution is 1.98. The van der Waals surface area contributed by atoms with Crippen LogP contribution in [-0.4, -0.2) is 17.1 Å². The first kappa shape index (κ1) is 11.5. The number of aliphatic carboxylic acids is 1. The lowest BCUT2D eigenvalue weighted by atomic mass is 10.2. The van der Waals surface area contributed by atoms with Crippen molar-refractivity contribution in [2.75, 3.05) is 0 Å². The fourth-order valence-electron chi connectivity index (χ4n) is 1.17. The van der Waals surface area contributed by atoms with Gasteiger partial charge in [-0.15, -0.1) is 0 Å². The maximum Gasteiger partial charge on any atom is 0.328 e. The quantitative estimate of drug-likeness (QED) is 0.721. The summed E-state index contributed by atoms with van der Waals surface area (Å²) >= 11 is 0. The van der Waals surface area contributed by atoms with Crippen molar-refractivity contribution in [2.45, 2.75) is 19.5 Å². The summed E-state index contributed by atoms with van der Waals surface area (Å²) in [5.74, 6) is -0.914. The zero-order chi connectivity index (χ0) is 11.1. The Morgan fingerprint density at radius 2 is 2.13 bits per heavy atom. The van der Waals surface area contributed by atoms with E-state index in [9.17, 15) is 4.79 Å². The van der Waals surface area contributed by atoms with Crippen LogP contribution in [0, 0.1) is 0 Å². The average molecular weight is 205 g/mol. The number of benzene rings is 1. The number of hydrogen-bond donors (Lipinski definition) is 2. The van der Waals surface area contributed by atoms with Gasteiger partial charge >= 0.3 is 5.97 Å². The summed E-state index contributed by atoms with van der Waals surface area (Å²) in [5.41, 5.74) is 1.19. The first-order valence-corrected chi connectivity index (χ1v) is 4.87. The monoisotopic (exact) mass is 205 g/mol. The van der Waals surface area contributed by atoms with Gasteiger partial charge in [-0.1, -0.05) is 36.4 Å². The molecule has 0 heterocycles. The largest absolute Gasteiger partial charge is 0.478 e. The molecule has 0 aliphatic rings. The zero-order valence-electron chi connectivity index (χ0n) is 8.68. The van der Waals surface area contributed by atoms with Gasteiger partial charge in [-0.05, 0) is 12.5 Å². The molecule has 0 saturated heterocycles. The molecule has 80 valence electrons. The van der Waals surface area contributed by atoms with Gasteiger partial charge in [-0.2, -0.15) is 0 Å². The molecule has 0 bridgehead atoms.